The molecule has 0 aliphatic carbocycles. The van der Waals surface area contributed by atoms with Crippen molar-refractivity contribution in [3.05, 3.63) is 33.9 Å². The normalized spacial score (nSPS) is 11.2. The Labute approximate surface area is 145 Å². The molecule has 0 saturated heterocycles. The molecule has 0 unspecified atom stereocenters. The van der Waals surface area contributed by atoms with E-state index in [2.05, 4.69) is 0 Å². The van der Waals surface area contributed by atoms with Crippen molar-refractivity contribution < 1.29 is 27.7 Å². The topological polar surface area (TPSA) is 107 Å². The highest BCUT2D eigenvalue weighted by molar-refractivity contribution is 8.00. The number of primary amides is 1. The minimum absolute atomic E-state index is 0.0619. The van der Waals surface area contributed by atoms with Gasteiger partial charge in [-0.1, -0.05) is 6.92 Å². The molecule has 0 aliphatic heterocycles. The number of amides is 2. The fourth-order valence-corrected chi connectivity index (χ4v) is 2.85. The Balaban J connectivity index is 2.89. The fourth-order valence-electron chi connectivity index (χ4n) is 1.94. The highest BCUT2D eigenvalue weighted by Crippen LogP contribution is 2.30. The molecule has 0 aliphatic rings. The van der Waals surface area contributed by atoms with E-state index in [0.717, 1.165) is 17.8 Å². The molecule has 2 N–H and O–H groups in total. The molecule has 7 nitrogen and oxygen atoms in total. The Hall–Kier alpha value is -2.30. The Kier molecular flexibility index (Phi) is 7.22. The fraction of sp³-hybridized carbons (Fsp3) is 0.429. The number of alkyl halides is 3. The molecule has 1 rings (SSSR count). The van der Waals surface area contributed by atoms with Crippen LogP contribution in [0, 0.1) is 10.1 Å². The summed E-state index contributed by atoms with van der Waals surface area (Å²) in [4.78, 5) is 34.1. The number of carbonyl (C=O) groups is 2. The maximum Gasteiger partial charge on any atom is 0.406 e. The largest absolute Gasteiger partial charge is 0.406 e. The summed E-state index contributed by atoms with van der Waals surface area (Å²) in [6, 6.07) is 3.46. The van der Waals surface area contributed by atoms with E-state index >= 15 is 0 Å². The molecule has 0 saturated carbocycles. The SMILES string of the molecule is CCCN(CC(F)(F)F)C(=O)CSc1ccc(C(N)=O)cc1[N+](=O)[O-]. The van der Waals surface area contributed by atoms with E-state index in [4.69, 9.17) is 5.73 Å². The van der Waals surface area contributed by atoms with Crippen LogP contribution in [0.4, 0.5) is 18.9 Å². The zero-order valence-electron chi connectivity index (χ0n) is 13.2. The first kappa shape index (κ1) is 20.7. The first-order chi connectivity index (χ1) is 11.5. The molecule has 0 atom stereocenters. The highest BCUT2D eigenvalue weighted by Gasteiger charge is 2.32. The second-order valence-electron chi connectivity index (χ2n) is 5.02. The standard InChI is InChI=1S/C14H16F3N3O4S/c1-2-5-19(8-14(15,16)17)12(21)7-25-11-4-3-9(13(18)22)6-10(11)20(23)24/h3-4,6H,2,5,7-8H2,1H3,(H2,18,22). The second kappa shape index (κ2) is 8.70. The summed E-state index contributed by atoms with van der Waals surface area (Å²) < 4.78 is 37.5. The van der Waals surface area contributed by atoms with Crippen LogP contribution in [0.3, 0.4) is 0 Å². The van der Waals surface area contributed by atoms with Crippen molar-refractivity contribution in [1.82, 2.24) is 4.90 Å². The average Bonchev–Trinajstić information content (AvgIpc) is 2.50. The molecule has 1 aromatic carbocycles. The van der Waals surface area contributed by atoms with Crippen molar-refractivity contribution in [3.8, 4) is 0 Å². The monoisotopic (exact) mass is 379 g/mol. The second-order valence-corrected chi connectivity index (χ2v) is 6.04. The van der Waals surface area contributed by atoms with Crippen LogP contribution >= 0.6 is 11.8 Å². The van der Waals surface area contributed by atoms with Crippen molar-refractivity contribution in [2.75, 3.05) is 18.8 Å². The molecule has 0 fully saturated rings. The number of hydrogen-bond acceptors (Lipinski definition) is 5. The van der Waals surface area contributed by atoms with Crippen LogP contribution in [0.2, 0.25) is 0 Å². The molecule has 138 valence electrons. The van der Waals surface area contributed by atoms with Crippen LogP contribution in [0.1, 0.15) is 23.7 Å². The van der Waals surface area contributed by atoms with E-state index in [9.17, 15) is 32.9 Å². The smallest absolute Gasteiger partial charge is 0.366 e. The molecule has 0 spiro atoms. The van der Waals surface area contributed by atoms with E-state index in [1.165, 1.54) is 12.1 Å². The van der Waals surface area contributed by atoms with E-state index < -0.39 is 40.9 Å². The Morgan fingerprint density at radius 2 is 2.00 bits per heavy atom. The van der Waals surface area contributed by atoms with Gasteiger partial charge in [0, 0.05) is 18.2 Å². The number of halogens is 3. The third-order valence-electron chi connectivity index (χ3n) is 3.01. The molecule has 0 aromatic heterocycles. The molecular weight excluding hydrogens is 363 g/mol. The predicted octanol–water partition coefficient (Wildman–Crippen LogP) is 2.59. The lowest BCUT2D eigenvalue weighted by Gasteiger charge is -2.23. The lowest BCUT2D eigenvalue weighted by Crippen LogP contribution is -2.40. The van der Waals surface area contributed by atoms with Crippen molar-refractivity contribution >= 4 is 29.3 Å². The number of nitro benzene ring substituents is 1. The minimum atomic E-state index is -4.52. The van der Waals surface area contributed by atoms with Gasteiger partial charge < -0.3 is 10.6 Å². The molecule has 2 amide bonds. The molecular formula is C14H16F3N3O4S. The van der Waals surface area contributed by atoms with Crippen LogP contribution in [0.25, 0.3) is 0 Å². The van der Waals surface area contributed by atoms with Crippen molar-refractivity contribution in [2.45, 2.75) is 24.4 Å². The minimum Gasteiger partial charge on any atom is -0.366 e. The van der Waals surface area contributed by atoms with Gasteiger partial charge in [0.15, 0.2) is 0 Å². The van der Waals surface area contributed by atoms with Gasteiger partial charge in [-0.3, -0.25) is 19.7 Å². The van der Waals surface area contributed by atoms with Gasteiger partial charge in [0.25, 0.3) is 5.69 Å². The zero-order chi connectivity index (χ0) is 19.2. The van der Waals surface area contributed by atoms with Gasteiger partial charge in [-0.05, 0) is 18.6 Å². The Morgan fingerprint density at radius 3 is 2.48 bits per heavy atom. The van der Waals surface area contributed by atoms with Crippen molar-refractivity contribution in [1.29, 1.82) is 0 Å². The third-order valence-corrected chi connectivity index (χ3v) is 4.06. The van der Waals surface area contributed by atoms with Gasteiger partial charge >= 0.3 is 6.18 Å². The van der Waals surface area contributed by atoms with Crippen LogP contribution < -0.4 is 5.73 Å². The quantitative estimate of drug-likeness (QED) is 0.424. The van der Waals surface area contributed by atoms with E-state index in [-0.39, 0.29) is 17.0 Å². The lowest BCUT2D eigenvalue weighted by atomic mass is 10.2. The van der Waals surface area contributed by atoms with Crippen molar-refractivity contribution in [3.63, 3.8) is 0 Å². The molecule has 0 heterocycles. The van der Waals surface area contributed by atoms with Gasteiger partial charge in [0.1, 0.15) is 6.54 Å². The van der Waals surface area contributed by atoms with Gasteiger partial charge in [-0.25, -0.2) is 0 Å². The Bertz CT molecular complexity index is 667. The van der Waals surface area contributed by atoms with E-state index in [0.29, 0.717) is 11.3 Å². The predicted molar refractivity (Wildman–Crippen MR) is 85.3 cm³/mol. The van der Waals surface area contributed by atoms with Crippen LogP contribution in [0.5, 0.6) is 0 Å². The lowest BCUT2D eigenvalue weighted by molar-refractivity contribution is -0.387. The van der Waals surface area contributed by atoms with Gasteiger partial charge in [-0.2, -0.15) is 13.2 Å². The number of thioether (sulfide) groups is 1. The van der Waals surface area contributed by atoms with Gasteiger partial charge in [0.05, 0.1) is 15.6 Å². The zero-order valence-corrected chi connectivity index (χ0v) is 14.0. The molecule has 0 radical (unpaired) electrons. The summed E-state index contributed by atoms with van der Waals surface area (Å²) in [5, 5.41) is 11.1. The van der Waals surface area contributed by atoms with Crippen LogP contribution in [0.15, 0.2) is 23.1 Å². The van der Waals surface area contributed by atoms with E-state index in [1.54, 1.807) is 6.92 Å². The van der Waals surface area contributed by atoms with Crippen LogP contribution in [-0.4, -0.2) is 46.7 Å². The summed E-state index contributed by atoms with van der Waals surface area (Å²) in [7, 11) is 0. The number of benzene rings is 1. The molecule has 11 heteroatoms. The van der Waals surface area contributed by atoms with Gasteiger partial charge in [-0.15, -0.1) is 11.8 Å². The molecule has 1 aromatic rings. The third kappa shape index (κ3) is 6.61. The maximum atomic E-state index is 12.5. The summed E-state index contributed by atoms with van der Waals surface area (Å²) in [6.45, 7) is 0.196. The summed E-state index contributed by atoms with van der Waals surface area (Å²) >= 11 is 0.732. The number of carbonyl (C=O) groups excluding carboxylic acids is 2. The first-order valence-corrected chi connectivity index (χ1v) is 8.09. The average molecular weight is 379 g/mol. The Morgan fingerprint density at radius 1 is 1.36 bits per heavy atom. The highest BCUT2D eigenvalue weighted by atomic mass is 32.2. The number of hydrogen-bond donors (Lipinski definition) is 1. The number of nitrogens with two attached hydrogens (primary N) is 1. The number of nitrogens with zero attached hydrogens (tertiary/aromatic N) is 2. The summed E-state index contributed by atoms with van der Waals surface area (Å²) in [6.07, 6.45) is -4.18. The summed E-state index contributed by atoms with van der Waals surface area (Å²) in [5.41, 5.74) is 4.54. The molecule has 25 heavy (non-hydrogen) atoms. The number of rotatable bonds is 8. The molecule has 0 bridgehead atoms. The van der Waals surface area contributed by atoms with Crippen molar-refractivity contribution in [2.24, 2.45) is 5.73 Å². The van der Waals surface area contributed by atoms with Gasteiger partial charge in [0.2, 0.25) is 11.8 Å². The summed E-state index contributed by atoms with van der Waals surface area (Å²) in [5.74, 6) is -2.03. The van der Waals surface area contributed by atoms with Crippen LogP contribution in [-0.2, 0) is 4.79 Å². The number of nitro groups is 1. The maximum absolute atomic E-state index is 12.5. The first-order valence-electron chi connectivity index (χ1n) is 7.10. The van der Waals surface area contributed by atoms with E-state index in [1.807, 2.05) is 0 Å².